The number of aryl methyl sites for hydroxylation is 1. The summed E-state index contributed by atoms with van der Waals surface area (Å²) in [6.45, 7) is 1.78. The summed E-state index contributed by atoms with van der Waals surface area (Å²) in [7, 11) is 0. The van der Waals surface area contributed by atoms with Gasteiger partial charge in [0.05, 0.1) is 6.54 Å². The van der Waals surface area contributed by atoms with E-state index in [4.69, 9.17) is 5.73 Å². The summed E-state index contributed by atoms with van der Waals surface area (Å²) in [5.74, 6) is -1.25. The number of carbonyl (C=O) groups is 1. The van der Waals surface area contributed by atoms with E-state index in [0.717, 1.165) is 10.5 Å². The normalized spacial score (nSPS) is 10.6. The van der Waals surface area contributed by atoms with Crippen LogP contribution in [0.1, 0.15) is 21.5 Å². The topological polar surface area (TPSA) is 65.1 Å². The van der Waals surface area contributed by atoms with Gasteiger partial charge in [0.25, 0.3) is 5.56 Å². The van der Waals surface area contributed by atoms with Gasteiger partial charge in [0.1, 0.15) is 5.82 Å². The molecule has 104 valence electrons. The summed E-state index contributed by atoms with van der Waals surface area (Å²) >= 11 is 3.30. The van der Waals surface area contributed by atoms with Crippen LogP contribution in [0.25, 0.3) is 0 Å². The van der Waals surface area contributed by atoms with Crippen molar-refractivity contribution in [3.8, 4) is 0 Å². The quantitative estimate of drug-likeness (QED) is 0.932. The summed E-state index contributed by atoms with van der Waals surface area (Å²) < 4.78 is 16.0. The fourth-order valence-electron chi connectivity index (χ4n) is 1.87. The Morgan fingerprint density at radius 2 is 2.10 bits per heavy atom. The van der Waals surface area contributed by atoms with E-state index in [9.17, 15) is 14.0 Å². The summed E-state index contributed by atoms with van der Waals surface area (Å²) in [6, 6.07) is 5.67. The van der Waals surface area contributed by atoms with Crippen molar-refractivity contribution in [2.45, 2.75) is 13.5 Å². The lowest BCUT2D eigenvalue weighted by molar-refractivity contribution is 0.1000. The first kappa shape index (κ1) is 14.5. The van der Waals surface area contributed by atoms with Crippen molar-refractivity contribution < 1.29 is 9.18 Å². The number of primary amides is 1. The Morgan fingerprint density at radius 1 is 1.40 bits per heavy atom. The van der Waals surface area contributed by atoms with E-state index in [2.05, 4.69) is 15.9 Å². The second-order valence-corrected chi connectivity index (χ2v) is 5.36. The van der Waals surface area contributed by atoms with Crippen LogP contribution in [0.15, 0.2) is 39.7 Å². The fourth-order valence-corrected chi connectivity index (χ4v) is 2.46. The van der Waals surface area contributed by atoms with Gasteiger partial charge in [-0.2, -0.15) is 0 Å². The molecule has 0 saturated heterocycles. The summed E-state index contributed by atoms with van der Waals surface area (Å²) in [5.41, 5.74) is 5.87. The number of hydrogen-bond acceptors (Lipinski definition) is 2. The smallest absolute Gasteiger partial charge is 0.253 e. The Bertz CT molecular complexity index is 740. The molecule has 0 aliphatic heterocycles. The van der Waals surface area contributed by atoms with Gasteiger partial charge in [-0.3, -0.25) is 9.59 Å². The lowest BCUT2D eigenvalue weighted by Crippen LogP contribution is -2.22. The molecule has 1 aromatic carbocycles. The lowest BCUT2D eigenvalue weighted by Gasteiger charge is -2.09. The number of aromatic nitrogens is 1. The van der Waals surface area contributed by atoms with Gasteiger partial charge in [-0.1, -0.05) is 6.07 Å². The molecule has 2 rings (SSSR count). The van der Waals surface area contributed by atoms with E-state index in [0.29, 0.717) is 11.1 Å². The molecule has 0 fully saturated rings. The van der Waals surface area contributed by atoms with Crippen molar-refractivity contribution in [3.05, 3.63) is 67.8 Å². The zero-order valence-electron chi connectivity index (χ0n) is 10.7. The maximum Gasteiger partial charge on any atom is 0.253 e. The number of rotatable bonds is 3. The minimum Gasteiger partial charge on any atom is -0.366 e. The van der Waals surface area contributed by atoms with Crippen LogP contribution in [-0.4, -0.2) is 10.5 Å². The second-order valence-electron chi connectivity index (χ2n) is 4.44. The predicted molar refractivity (Wildman–Crippen MR) is 77.2 cm³/mol. The Kier molecular flexibility index (Phi) is 4.04. The average Bonchev–Trinajstić information content (AvgIpc) is 2.37. The van der Waals surface area contributed by atoms with Crippen molar-refractivity contribution in [2.75, 3.05) is 0 Å². The average molecular weight is 339 g/mol. The first-order valence-corrected chi connectivity index (χ1v) is 6.62. The molecule has 1 heterocycles. The Balaban J connectivity index is 2.41. The number of benzene rings is 1. The molecule has 0 atom stereocenters. The molecule has 0 saturated carbocycles. The fraction of sp³-hybridized carbons (Fsp3) is 0.143. The summed E-state index contributed by atoms with van der Waals surface area (Å²) in [5, 5.41) is 0. The molecule has 0 aliphatic carbocycles. The van der Waals surface area contributed by atoms with Gasteiger partial charge in [0.15, 0.2) is 0 Å². The van der Waals surface area contributed by atoms with E-state index >= 15 is 0 Å². The third-order valence-electron chi connectivity index (χ3n) is 2.91. The summed E-state index contributed by atoms with van der Waals surface area (Å²) in [6.07, 6.45) is 1.59. The van der Waals surface area contributed by atoms with Crippen LogP contribution in [0.4, 0.5) is 4.39 Å². The predicted octanol–water partition coefficient (Wildman–Crippen LogP) is 2.21. The van der Waals surface area contributed by atoms with Gasteiger partial charge in [-0.05, 0) is 41.1 Å². The standard InChI is InChI=1S/C14H12BrFN2O2/c1-8-4-11(15)7-18(14(8)20)6-10-3-2-9(13(17)19)5-12(10)16/h2-5,7H,6H2,1H3,(H2,17,19). The van der Waals surface area contributed by atoms with E-state index in [1.807, 2.05) is 0 Å². The molecule has 1 aromatic heterocycles. The Labute approximate surface area is 123 Å². The van der Waals surface area contributed by atoms with Crippen LogP contribution < -0.4 is 11.3 Å². The first-order valence-electron chi connectivity index (χ1n) is 5.83. The van der Waals surface area contributed by atoms with Crippen molar-refractivity contribution in [1.82, 2.24) is 4.57 Å². The Hall–Kier alpha value is -1.95. The van der Waals surface area contributed by atoms with Gasteiger partial charge >= 0.3 is 0 Å². The van der Waals surface area contributed by atoms with Gasteiger partial charge in [0, 0.05) is 27.4 Å². The van der Waals surface area contributed by atoms with Crippen LogP contribution in [0.5, 0.6) is 0 Å². The number of nitrogens with zero attached hydrogens (tertiary/aromatic N) is 1. The minimum absolute atomic E-state index is 0.0873. The Morgan fingerprint density at radius 3 is 2.70 bits per heavy atom. The van der Waals surface area contributed by atoms with Crippen LogP contribution >= 0.6 is 15.9 Å². The maximum absolute atomic E-state index is 13.9. The van der Waals surface area contributed by atoms with E-state index in [1.165, 1.54) is 16.7 Å². The zero-order chi connectivity index (χ0) is 14.9. The van der Waals surface area contributed by atoms with E-state index in [1.54, 1.807) is 19.2 Å². The maximum atomic E-state index is 13.9. The van der Waals surface area contributed by atoms with E-state index in [-0.39, 0.29) is 17.7 Å². The number of hydrogen-bond donors (Lipinski definition) is 1. The first-order chi connectivity index (χ1) is 9.38. The van der Waals surface area contributed by atoms with Crippen LogP contribution in [0.2, 0.25) is 0 Å². The molecule has 0 aliphatic rings. The van der Waals surface area contributed by atoms with Crippen LogP contribution in [0.3, 0.4) is 0 Å². The zero-order valence-corrected chi connectivity index (χ0v) is 12.3. The number of nitrogens with two attached hydrogens (primary N) is 1. The summed E-state index contributed by atoms with van der Waals surface area (Å²) in [4.78, 5) is 22.9. The number of amides is 1. The molecule has 1 amide bonds. The highest BCUT2D eigenvalue weighted by molar-refractivity contribution is 9.10. The van der Waals surface area contributed by atoms with Crippen molar-refractivity contribution >= 4 is 21.8 Å². The van der Waals surface area contributed by atoms with E-state index < -0.39 is 11.7 Å². The van der Waals surface area contributed by atoms with Gasteiger partial charge in [0.2, 0.25) is 5.91 Å². The molecule has 0 spiro atoms. The molecular formula is C14H12BrFN2O2. The number of halogens is 2. The molecule has 2 aromatic rings. The number of carbonyl (C=O) groups excluding carboxylic acids is 1. The monoisotopic (exact) mass is 338 g/mol. The largest absolute Gasteiger partial charge is 0.366 e. The highest BCUT2D eigenvalue weighted by Gasteiger charge is 2.09. The van der Waals surface area contributed by atoms with Crippen molar-refractivity contribution in [3.63, 3.8) is 0 Å². The molecule has 2 N–H and O–H groups in total. The minimum atomic E-state index is -0.689. The highest BCUT2D eigenvalue weighted by atomic mass is 79.9. The third kappa shape index (κ3) is 2.96. The van der Waals surface area contributed by atoms with Crippen molar-refractivity contribution in [1.29, 1.82) is 0 Å². The van der Waals surface area contributed by atoms with Gasteiger partial charge in [-0.25, -0.2) is 4.39 Å². The SMILES string of the molecule is Cc1cc(Br)cn(Cc2ccc(C(N)=O)cc2F)c1=O. The molecule has 0 radical (unpaired) electrons. The molecule has 0 bridgehead atoms. The van der Waals surface area contributed by atoms with Crippen LogP contribution in [-0.2, 0) is 6.54 Å². The molecular weight excluding hydrogens is 327 g/mol. The van der Waals surface area contributed by atoms with Gasteiger partial charge < -0.3 is 10.3 Å². The third-order valence-corrected chi connectivity index (χ3v) is 3.34. The van der Waals surface area contributed by atoms with Crippen LogP contribution in [0, 0.1) is 12.7 Å². The van der Waals surface area contributed by atoms with Crippen molar-refractivity contribution in [2.24, 2.45) is 5.73 Å². The van der Waals surface area contributed by atoms with Gasteiger partial charge in [-0.15, -0.1) is 0 Å². The molecule has 6 heteroatoms. The second kappa shape index (κ2) is 5.58. The molecule has 0 unspecified atom stereocenters. The number of pyridine rings is 1. The highest BCUT2D eigenvalue weighted by Crippen LogP contribution is 2.13. The lowest BCUT2D eigenvalue weighted by atomic mass is 10.1. The molecule has 20 heavy (non-hydrogen) atoms. The molecule has 4 nitrogen and oxygen atoms in total.